The summed E-state index contributed by atoms with van der Waals surface area (Å²) in [4.78, 5) is 19.8. The highest BCUT2D eigenvalue weighted by molar-refractivity contribution is 5.65. The first kappa shape index (κ1) is 17.4. The molecule has 1 aliphatic rings. The van der Waals surface area contributed by atoms with Crippen LogP contribution in [0.15, 0.2) is 12.4 Å². The lowest BCUT2D eigenvalue weighted by Gasteiger charge is -2.33. The van der Waals surface area contributed by atoms with Crippen molar-refractivity contribution in [1.29, 1.82) is 0 Å². The molecule has 5 nitrogen and oxygen atoms in total. The Morgan fingerprint density at radius 1 is 1.35 bits per heavy atom. The summed E-state index contributed by atoms with van der Waals surface area (Å²) in [5.74, 6) is -0.574. The Kier molecular flexibility index (Phi) is 5.38. The highest BCUT2D eigenvalue weighted by atomic mass is 19.4. The van der Waals surface area contributed by atoms with Crippen molar-refractivity contribution in [1.82, 2.24) is 9.97 Å². The lowest BCUT2D eigenvalue weighted by molar-refractivity contribution is -0.143. The number of carbonyl (C=O) groups is 1. The Morgan fingerprint density at radius 2 is 1.91 bits per heavy atom. The van der Waals surface area contributed by atoms with Crippen molar-refractivity contribution in [3.63, 3.8) is 0 Å². The first-order chi connectivity index (χ1) is 10.8. The van der Waals surface area contributed by atoms with E-state index in [1.54, 1.807) is 4.90 Å². The van der Waals surface area contributed by atoms with Crippen molar-refractivity contribution in [2.24, 2.45) is 5.92 Å². The average molecular weight is 335 g/mol. The minimum Gasteiger partial charge on any atom is -0.463 e. The third-order valence-electron chi connectivity index (χ3n) is 3.75. The quantitative estimate of drug-likeness (QED) is 0.625. The maximum atomic E-state index is 13.9. The van der Waals surface area contributed by atoms with E-state index in [0.29, 0.717) is 25.9 Å². The Bertz CT molecular complexity index is 528. The standard InChI is InChI=1S/C14H17F4N3O2/c1-9(22)23-8-12(15)10-2-4-21(5-3-10)13-19-6-11(7-20-13)14(16,17)18/h6-7,10,12H,2-5,8H2,1H3. The zero-order chi connectivity index (χ0) is 17.0. The molecule has 9 heteroatoms. The molecule has 0 aliphatic carbocycles. The average Bonchev–Trinajstić information content (AvgIpc) is 2.52. The molecule has 0 saturated carbocycles. The van der Waals surface area contributed by atoms with Crippen LogP contribution in [0.5, 0.6) is 0 Å². The first-order valence-corrected chi connectivity index (χ1v) is 7.19. The van der Waals surface area contributed by atoms with Gasteiger partial charge in [0.15, 0.2) is 0 Å². The summed E-state index contributed by atoms with van der Waals surface area (Å²) >= 11 is 0. The SMILES string of the molecule is CC(=O)OCC(F)C1CCN(c2ncc(C(F)(F)F)cn2)CC1. The second-order valence-corrected chi connectivity index (χ2v) is 5.41. The fraction of sp³-hybridized carbons (Fsp3) is 0.643. The summed E-state index contributed by atoms with van der Waals surface area (Å²) in [5, 5.41) is 0. The minimum atomic E-state index is -4.47. The Morgan fingerprint density at radius 3 is 2.39 bits per heavy atom. The fourth-order valence-electron chi connectivity index (χ4n) is 2.43. The molecule has 0 aromatic carbocycles. The molecule has 0 radical (unpaired) electrons. The van der Waals surface area contributed by atoms with Crippen molar-refractivity contribution in [3.8, 4) is 0 Å². The van der Waals surface area contributed by atoms with Crippen molar-refractivity contribution in [3.05, 3.63) is 18.0 Å². The molecule has 0 spiro atoms. The van der Waals surface area contributed by atoms with Crippen LogP contribution in [0.2, 0.25) is 0 Å². The van der Waals surface area contributed by atoms with Gasteiger partial charge in [0.25, 0.3) is 0 Å². The maximum Gasteiger partial charge on any atom is 0.419 e. The van der Waals surface area contributed by atoms with Crippen LogP contribution in [0.1, 0.15) is 25.3 Å². The summed E-state index contributed by atoms with van der Waals surface area (Å²) in [6, 6.07) is 0. The molecular formula is C14H17F4N3O2. The van der Waals surface area contributed by atoms with Crippen molar-refractivity contribution < 1.29 is 27.1 Å². The van der Waals surface area contributed by atoms with Gasteiger partial charge in [-0.05, 0) is 18.8 Å². The van der Waals surface area contributed by atoms with Gasteiger partial charge in [0.05, 0.1) is 5.56 Å². The third kappa shape index (κ3) is 4.77. The lowest BCUT2D eigenvalue weighted by atomic mass is 9.92. The van der Waals surface area contributed by atoms with Crippen LogP contribution in [0.4, 0.5) is 23.5 Å². The zero-order valence-electron chi connectivity index (χ0n) is 12.5. The normalized spacial score (nSPS) is 17.9. The van der Waals surface area contributed by atoms with Crippen LogP contribution in [-0.4, -0.2) is 41.8 Å². The van der Waals surface area contributed by atoms with Crippen LogP contribution in [-0.2, 0) is 15.7 Å². The molecule has 1 saturated heterocycles. The van der Waals surface area contributed by atoms with Crippen molar-refractivity contribution in [2.45, 2.75) is 32.1 Å². The van der Waals surface area contributed by atoms with Crippen molar-refractivity contribution >= 4 is 11.9 Å². The number of halogens is 4. The number of hydrogen-bond donors (Lipinski definition) is 0. The molecule has 0 N–H and O–H groups in total. The van der Waals surface area contributed by atoms with E-state index in [1.807, 2.05) is 0 Å². The molecule has 1 fully saturated rings. The first-order valence-electron chi connectivity index (χ1n) is 7.19. The van der Waals surface area contributed by atoms with Crippen LogP contribution in [0, 0.1) is 5.92 Å². The molecular weight excluding hydrogens is 318 g/mol. The van der Waals surface area contributed by atoms with Gasteiger partial charge in [0, 0.05) is 32.4 Å². The molecule has 1 aromatic rings. The molecule has 1 unspecified atom stereocenters. The molecule has 1 atom stereocenters. The van der Waals surface area contributed by atoms with Gasteiger partial charge in [-0.1, -0.05) is 0 Å². The third-order valence-corrected chi connectivity index (χ3v) is 3.75. The molecule has 0 amide bonds. The van der Waals surface area contributed by atoms with E-state index in [4.69, 9.17) is 0 Å². The Labute approximate surface area is 130 Å². The van der Waals surface area contributed by atoms with Crippen LogP contribution >= 0.6 is 0 Å². The number of anilines is 1. The number of aromatic nitrogens is 2. The van der Waals surface area contributed by atoms with E-state index in [0.717, 1.165) is 12.4 Å². The summed E-state index contributed by atoms with van der Waals surface area (Å²) in [5.41, 5.74) is -0.902. The van der Waals surface area contributed by atoms with E-state index in [2.05, 4.69) is 14.7 Å². The second kappa shape index (κ2) is 7.10. The molecule has 1 aromatic heterocycles. The zero-order valence-corrected chi connectivity index (χ0v) is 12.5. The van der Waals surface area contributed by atoms with E-state index in [9.17, 15) is 22.4 Å². The van der Waals surface area contributed by atoms with Gasteiger partial charge < -0.3 is 9.64 Å². The van der Waals surface area contributed by atoms with E-state index >= 15 is 0 Å². The number of carbonyl (C=O) groups excluding carboxylic acids is 1. The second-order valence-electron chi connectivity index (χ2n) is 5.41. The van der Waals surface area contributed by atoms with Crippen LogP contribution in [0.3, 0.4) is 0 Å². The molecule has 2 rings (SSSR count). The lowest BCUT2D eigenvalue weighted by Crippen LogP contribution is -2.39. The number of ether oxygens (including phenoxy) is 1. The fourth-order valence-corrected chi connectivity index (χ4v) is 2.43. The number of alkyl halides is 4. The largest absolute Gasteiger partial charge is 0.463 e. The van der Waals surface area contributed by atoms with Gasteiger partial charge in [-0.3, -0.25) is 4.79 Å². The van der Waals surface area contributed by atoms with E-state index < -0.39 is 23.9 Å². The van der Waals surface area contributed by atoms with Gasteiger partial charge in [0.1, 0.15) is 12.8 Å². The molecule has 1 aliphatic heterocycles. The predicted octanol–water partition coefficient (Wildman–Crippen LogP) is 2.61. The van der Waals surface area contributed by atoms with Gasteiger partial charge in [-0.2, -0.15) is 13.2 Å². The highest BCUT2D eigenvalue weighted by Crippen LogP contribution is 2.29. The van der Waals surface area contributed by atoms with E-state index in [-0.39, 0.29) is 18.5 Å². The summed E-state index contributed by atoms with van der Waals surface area (Å²) in [6.07, 6.45) is -3.24. The topological polar surface area (TPSA) is 55.3 Å². The van der Waals surface area contributed by atoms with Gasteiger partial charge in [0.2, 0.25) is 5.95 Å². The van der Waals surface area contributed by atoms with Gasteiger partial charge in [-0.15, -0.1) is 0 Å². The monoisotopic (exact) mass is 335 g/mol. The van der Waals surface area contributed by atoms with Crippen LogP contribution < -0.4 is 4.90 Å². The predicted molar refractivity (Wildman–Crippen MR) is 73.5 cm³/mol. The molecule has 2 heterocycles. The Balaban J connectivity index is 1.88. The smallest absolute Gasteiger partial charge is 0.419 e. The summed E-state index contributed by atoms with van der Waals surface area (Å²) < 4.78 is 55.9. The maximum absolute atomic E-state index is 13.9. The number of esters is 1. The Hall–Kier alpha value is -1.93. The molecule has 128 valence electrons. The summed E-state index contributed by atoms with van der Waals surface area (Å²) in [6.45, 7) is 1.83. The number of piperidine rings is 1. The number of rotatable bonds is 4. The van der Waals surface area contributed by atoms with Crippen LogP contribution in [0.25, 0.3) is 0 Å². The van der Waals surface area contributed by atoms with Gasteiger partial charge >= 0.3 is 12.1 Å². The van der Waals surface area contributed by atoms with Crippen molar-refractivity contribution in [2.75, 3.05) is 24.6 Å². The highest BCUT2D eigenvalue weighted by Gasteiger charge is 2.32. The summed E-state index contributed by atoms with van der Waals surface area (Å²) in [7, 11) is 0. The number of hydrogen-bond acceptors (Lipinski definition) is 5. The van der Waals surface area contributed by atoms with Gasteiger partial charge in [-0.25, -0.2) is 14.4 Å². The minimum absolute atomic E-state index is 0.201. The number of nitrogens with zero attached hydrogens (tertiary/aromatic N) is 3. The molecule has 23 heavy (non-hydrogen) atoms. The van der Waals surface area contributed by atoms with E-state index in [1.165, 1.54) is 6.92 Å². The molecule has 0 bridgehead atoms.